The first kappa shape index (κ1) is 15.0. The van der Waals surface area contributed by atoms with E-state index in [2.05, 4.69) is 15.4 Å². The first-order valence-corrected chi connectivity index (χ1v) is 7.72. The van der Waals surface area contributed by atoms with Crippen LogP contribution in [0.4, 0.5) is 4.39 Å². The monoisotopic (exact) mass is 321 g/mol. The molecule has 0 radical (unpaired) electrons. The number of hydrogen-bond donors (Lipinski definition) is 1. The number of aryl methyl sites for hydroxylation is 1. The van der Waals surface area contributed by atoms with Gasteiger partial charge in [-0.1, -0.05) is 16.8 Å². The van der Waals surface area contributed by atoms with Crippen molar-refractivity contribution in [3.8, 4) is 11.3 Å². The fraction of sp³-hybridized carbons (Fsp3) is 0.375. The molecule has 6 heteroatoms. The van der Waals surface area contributed by atoms with E-state index in [1.165, 1.54) is 6.07 Å². The molecule has 0 aliphatic carbocycles. The lowest BCUT2D eigenvalue weighted by molar-refractivity contribution is 0.356. The van der Waals surface area contributed by atoms with E-state index in [4.69, 9.17) is 16.7 Å². The third-order valence-corrected chi connectivity index (χ3v) is 4.42. The van der Waals surface area contributed by atoms with Crippen LogP contribution in [0.15, 0.2) is 28.8 Å². The van der Waals surface area contributed by atoms with Gasteiger partial charge in [0.2, 0.25) is 0 Å². The molecule has 0 bridgehead atoms. The molecule has 118 valence electrons. The maximum absolute atomic E-state index is 14.0. The van der Waals surface area contributed by atoms with Crippen molar-refractivity contribution in [2.75, 3.05) is 13.6 Å². The third kappa shape index (κ3) is 2.70. The standard InChI is InChI=1S/C16H18FN3OS.H2/c1-10-5-6-12(17)11(8-10)15-9-13(19-21-15)14-4-3-7-20(14)16(22)18-2;/h5-6,8-9,14H,3-4,7H2,1-2H3,(H,18,22);1H/t14-;/m1./s1. The molecule has 1 atom stereocenters. The largest absolute Gasteiger partial charge is 0.366 e. The van der Waals surface area contributed by atoms with Crippen molar-refractivity contribution < 1.29 is 10.3 Å². The number of nitrogens with one attached hydrogen (secondary N) is 1. The van der Waals surface area contributed by atoms with Crippen molar-refractivity contribution in [3.05, 3.63) is 41.3 Å². The van der Waals surface area contributed by atoms with Gasteiger partial charge in [0, 0.05) is 21.1 Å². The summed E-state index contributed by atoms with van der Waals surface area (Å²) in [6.45, 7) is 2.82. The number of hydrogen-bond acceptors (Lipinski definition) is 3. The van der Waals surface area contributed by atoms with Crippen LogP contribution in [0.3, 0.4) is 0 Å². The summed E-state index contributed by atoms with van der Waals surface area (Å²) in [6.07, 6.45) is 2.01. The van der Waals surface area contributed by atoms with Crippen LogP contribution in [-0.2, 0) is 0 Å². The van der Waals surface area contributed by atoms with Gasteiger partial charge in [0.25, 0.3) is 0 Å². The highest BCUT2D eigenvalue weighted by Crippen LogP contribution is 2.34. The van der Waals surface area contributed by atoms with Crippen molar-refractivity contribution in [2.45, 2.75) is 25.8 Å². The summed E-state index contributed by atoms with van der Waals surface area (Å²) in [5, 5.41) is 7.84. The second-order valence-electron chi connectivity index (χ2n) is 5.51. The number of thiocarbonyl (C=S) groups is 1. The molecule has 1 aromatic heterocycles. The SMILES string of the molecule is CNC(=S)N1CCC[C@@H]1c1cc(-c2cc(C)ccc2F)on1.[HH]. The Morgan fingerprint density at radius 3 is 3.09 bits per heavy atom. The number of likely N-dealkylation sites (tertiary alicyclic amines) is 1. The maximum atomic E-state index is 14.0. The molecule has 2 aromatic rings. The smallest absolute Gasteiger partial charge is 0.170 e. The number of nitrogens with zero attached hydrogens (tertiary/aromatic N) is 2. The molecule has 0 unspecified atom stereocenters. The molecule has 1 aliphatic rings. The Morgan fingerprint density at radius 1 is 1.50 bits per heavy atom. The molecule has 0 saturated carbocycles. The average Bonchev–Trinajstić information content (AvgIpc) is 3.17. The van der Waals surface area contributed by atoms with Gasteiger partial charge in [0.15, 0.2) is 10.9 Å². The van der Waals surface area contributed by atoms with Crippen molar-refractivity contribution in [1.29, 1.82) is 0 Å². The Hall–Kier alpha value is -1.95. The average molecular weight is 321 g/mol. The Bertz CT molecular complexity index is 706. The molecule has 3 rings (SSSR count). The summed E-state index contributed by atoms with van der Waals surface area (Å²) in [5.74, 6) is 0.153. The fourth-order valence-electron chi connectivity index (χ4n) is 2.86. The van der Waals surface area contributed by atoms with Crippen LogP contribution in [0, 0.1) is 12.7 Å². The Morgan fingerprint density at radius 2 is 2.32 bits per heavy atom. The molecule has 1 N–H and O–H groups in total. The topological polar surface area (TPSA) is 41.3 Å². The zero-order chi connectivity index (χ0) is 15.7. The van der Waals surface area contributed by atoms with Crippen LogP contribution in [0.5, 0.6) is 0 Å². The molecule has 1 fully saturated rings. The van der Waals surface area contributed by atoms with Gasteiger partial charge >= 0.3 is 0 Å². The molecule has 22 heavy (non-hydrogen) atoms. The Kier molecular flexibility index (Phi) is 4.11. The van der Waals surface area contributed by atoms with Gasteiger partial charge in [-0.2, -0.15) is 0 Å². The number of halogens is 1. The van der Waals surface area contributed by atoms with E-state index in [-0.39, 0.29) is 13.3 Å². The molecular formula is C16H20FN3OS. The summed E-state index contributed by atoms with van der Waals surface area (Å²) in [5.41, 5.74) is 2.22. The van der Waals surface area contributed by atoms with Gasteiger partial charge in [-0.25, -0.2) is 4.39 Å². The molecule has 4 nitrogen and oxygen atoms in total. The lowest BCUT2D eigenvalue weighted by atomic mass is 10.1. The number of rotatable bonds is 2. The van der Waals surface area contributed by atoms with Crippen molar-refractivity contribution in [1.82, 2.24) is 15.4 Å². The highest BCUT2D eigenvalue weighted by Gasteiger charge is 2.30. The van der Waals surface area contributed by atoms with E-state index in [9.17, 15) is 4.39 Å². The quantitative estimate of drug-likeness (QED) is 0.855. The van der Waals surface area contributed by atoms with E-state index < -0.39 is 0 Å². The summed E-state index contributed by atoms with van der Waals surface area (Å²) >= 11 is 5.33. The predicted octanol–water partition coefficient (Wildman–Crippen LogP) is 3.68. The predicted molar refractivity (Wildman–Crippen MR) is 89.1 cm³/mol. The first-order chi connectivity index (χ1) is 10.6. The van der Waals surface area contributed by atoms with Crippen molar-refractivity contribution >= 4 is 17.3 Å². The van der Waals surface area contributed by atoms with Crippen LogP contribution in [0.1, 0.15) is 31.6 Å². The van der Waals surface area contributed by atoms with Gasteiger partial charge in [0.1, 0.15) is 11.5 Å². The van der Waals surface area contributed by atoms with E-state index >= 15 is 0 Å². The van der Waals surface area contributed by atoms with Crippen LogP contribution >= 0.6 is 12.2 Å². The Balaban J connectivity index is 0.00000192. The van der Waals surface area contributed by atoms with Gasteiger partial charge in [0.05, 0.1) is 11.6 Å². The maximum Gasteiger partial charge on any atom is 0.170 e. The number of aromatic nitrogens is 1. The highest BCUT2D eigenvalue weighted by atomic mass is 32.1. The summed E-state index contributed by atoms with van der Waals surface area (Å²) < 4.78 is 19.4. The fourth-order valence-corrected chi connectivity index (χ4v) is 3.08. The van der Waals surface area contributed by atoms with Gasteiger partial charge in [-0.15, -0.1) is 0 Å². The summed E-state index contributed by atoms with van der Waals surface area (Å²) in [7, 11) is 1.81. The third-order valence-electron chi connectivity index (χ3n) is 3.98. The molecule has 0 amide bonds. The summed E-state index contributed by atoms with van der Waals surface area (Å²) in [4.78, 5) is 2.10. The lowest BCUT2D eigenvalue weighted by Crippen LogP contribution is -2.37. The minimum absolute atomic E-state index is 0. The molecule has 0 spiro atoms. The van der Waals surface area contributed by atoms with E-state index in [0.29, 0.717) is 16.4 Å². The first-order valence-electron chi connectivity index (χ1n) is 7.31. The molecule has 1 saturated heterocycles. The second-order valence-corrected chi connectivity index (χ2v) is 5.89. The van der Waals surface area contributed by atoms with E-state index in [0.717, 1.165) is 30.6 Å². The summed E-state index contributed by atoms with van der Waals surface area (Å²) in [6, 6.07) is 6.86. The molecule has 1 aliphatic heterocycles. The normalized spacial score (nSPS) is 17.8. The minimum atomic E-state index is -0.303. The molecule has 1 aromatic carbocycles. The lowest BCUT2D eigenvalue weighted by Gasteiger charge is -2.24. The van der Waals surface area contributed by atoms with E-state index in [1.807, 2.05) is 20.0 Å². The van der Waals surface area contributed by atoms with Crippen LogP contribution in [0.25, 0.3) is 11.3 Å². The van der Waals surface area contributed by atoms with Crippen LogP contribution in [0.2, 0.25) is 0 Å². The minimum Gasteiger partial charge on any atom is -0.366 e. The zero-order valence-electron chi connectivity index (χ0n) is 12.6. The highest BCUT2D eigenvalue weighted by molar-refractivity contribution is 7.80. The van der Waals surface area contributed by atoms with Gasteiger partial charge in [-0.3, -0.25) is 0 Å². The van der Waals surface area contributed by atoms with Crippen LogP contribution < -0.4 is 5.32 Å². The van der Waals surface area contributed by atoms with Crippen LogP contribution in [-0.4, -0.2) is 28.8 Å². The zero-order valence-corrected chi connectivity index (χ0v) is 13.4. The molecule has 2 heterocycles. The van der Waals surface area contributed by atoms with Crippen molar-refractivity contribution in [2.24, 2.45) is 0 Å². The Labute approximate surface area is 135 Å². The van der Waals surface area contributed by atoms with Crippen molar-refractivity contribution in [3.63, 3.8) is 0 Å². The second kappa shape index (κ2) is 6.04. The number of benzene rings is 1. The molecular weight excluding hydrogens is 301 g/mol. The van der Waals surface area contributed by atoms with Gasteiger partial charge in [-0.05, 0) is 44.1 Å². The van der Waals surface area contributed by atoms with E-state index in [1.54, 1.807) is 12.1 Å². The van der Waals surface area contributed by atoms with Gasteiger partial charge < -0.3 is 14.7 Å².